The first-order valence-electron chi connectivity index (χ1n) is 9.52. The molecule has 2 heteroatoms. The van der Waals surface area contributed by atoms with E-state index in [-0.39, 0.29) is 0 Å². The van der Waals surface area contributed by atoms with Crippen LogP contribution in [0.5, 0.6) is 0 Å². The lowest BCUT2D eigenvalue weighted by molar-refractivity contribution is -0.724. The maximum absolute atomic E-state index is 2.56. The van der Waals surface area contributed by atoms with Crippen LogP contribution in [0.15, 0.2) is 24.5 Å². The third-order valence-electron chi connectivity index (χ3n) is 4.43. The zero-order chi connectivity index (χ0) is 16.2. The smallest absolute Gasteiger partial charge is 0.171 e. The fourth-order valence-corrected chi connectivity index (χ4v) is 3.06. The second-order valence-corrected chi connectivity index (χ2v) is 6.43. The highest BCUT2D eigenvalue weighted by Gasteiger charge is 2.16. The Labute approximate surface area is 138 Å². The van der Waals surface area contributed by atoms with Crippen LogP contribution < -0.4 is 9.47 Å². The first-order valence-corrected chi connectivity index (χ1v) is 9.52. The zero-order valence-corrected chi connectivity index (χ0v) is 15.4. The van der Waals surface area contributed by atoms with E-state index in [0.29, 0.717) is 6.04 Å². The van der Waals surface area contributed by atoms with Gasteiger partial charge in [-0.05, 0) is 25.7 Å². The van der Waals surface area contributed by atoms with Crippen LogP contribution in [0.4, 0.5) is 5.69 Å². The fourth-order valence-electron chi connectivity index (χ4n) is 3.06. The molecule has 0 radical (unpaired) electrons. The maximum Gasteiger partial charge on any atom is 0.171 e. The van der Waals surface area contributed by atoms with Crippen LogP contribution in [0.3, 0.4) is 0 Å². The minimum absolute atomic E-state index is 0.670. The van der Waals surface area contributed by atoms with E-state index in [1.54, 1.807) is 0 Å². The molecule has 126 valence electrons. The molecule has 1 aromatic heterocycles. The predicted molar refractivity (Wildman–Crippen MR) is 97.5 cm³/mol. The Morgan fingerprint density at radius 1 is 0.818 bits per heavy atom. The minimum atomic E-state index is 0.670. The Bertz CT molecular complexity index is 358. The highest BCUT2D eigenvalue weighted by Crippen LogP contribution is 2.17. The monoisotopic (exact) mass is 305 g/mol. The number of pyridine rings is 1. The molecule has 0 aromatic carbocycles. The summed E-state index contributed by atoms with van der Waals surface area (Å²) in [6.45, 7) is 11.5. The summed E-state index contributed by atoms with van der Waals surface area (Å²) in [6.07, 6.45) is 14.8. The lowest BCUT2D eigenvalue weighted by Gasteiger charge is -2.24. The summed E-state index contributed by atoms with van der Waals surface area (Å²) in [5.74, 6) is 0. The zero-order valence-electron chi connectivity index (χ0n) is 15.4. The highest BCUT2D eigenvalue weighted by molar-refractivity contribution is 5.43. The molecule has 0 bridgehead atoms. The molecule has 1 rings (SSSR count). The number of hydrogen-bond donors (Lipinski definition) is 0. The topological polar surface area (TPSA) is 7.12 Å². The van der Waals surface area contributed by atoms with E-state index in [1.165, 1.54) is 70.1 Å². The Hall–Kier alpha value is -1.05. The van der Waals surface area contributed by atoms with Gasteiger partial charge < -0.3 is 4.90 Å². The van der Waals surface area contributed by atoms with E-state index in [2.05, 4.69) is 61.7 Å². The van der Waals surface area contributed by atoms with Gasteiger partial charge in [-0.1, -0.05) is 40.5 Å². The van der Waals surface area contributed by atoms with E-state index in [1.807, 2.05) is 0 Å². The summed E-state index contributed by atoms with van der Waals surface area (Å²) in [7, 11) is 0. The molecule has 0 saturated heterocycles. The van der Waals surface area contributed by atoms with Crippen LogP contribution >= 0.6 is 0 Å². The quantitative estimate of drug-likeness (QED) is 0.461. The molecule has 0 saturated carbocycles. The largest absolute Gasteiger partial charge is 0.371 e. The van der Waals surface area contributed by atoms with Crippen LogP contribution in [0, 0.1) is 0 Å². The molecule has 0 aliphatic carbocycles. The summed E-state index contributed by atoms with van der Waals surface area (Å²) in [4.78, 5) is 2.56. The maximum atomic E-state index is 2.56. The first-order chi connectivity index (χ1) is 10.8. The predicted octanol–water partition coefficient (Wildman–Crippen LogP) is 5.52. The van der Waals surface area contributed by atoms with Crippen LogP contribution in [0.2, 0.25) is 0 Å². The molecule has 1 aromatic rings. The molecule has 0 atom stereocenters. The summed E-state index contributed by atoms with van der Waals surface area (Å²) >= 11 is 0. The van der Waals surface area contributed by atoms with Gasteiger partial charge in [-0.3, -0.25) is 0 Å². The lowest BCUT2D eigenvalue weighted by atomic mass is 10.1. The molecule has 0 unspecified atom stereocenters. The van der Waals surface area contributed by atoms with Crippen molar-refractivity contribution in [2.24, 2.45) is 0 Å². The third-order valence-corrected chi connectivity index (χ3v) is 4.43. The number of anilines is 1. The molecule has 0 spiro atoms. The SMILES string of the molecule is CCCCN(CCCC)c1cc[n+](C(CCC)CCC)cc1. The van der Waals surface area contributed by atoms with E-state index in [0.717, 1.165) is 0 Å². The van der Waals surface area contributed by atoms with E-state index in [4.69, 9.17) is 0 Å². The Balaban J connectivity index is 2.77. The molecule has 0 fully saturated rings. The summed E-state index contributed by atoms with van der Waals surface area (Å²) in [5, 5.41) is 0. The van der Waals surface area contributed by atoms with Crippen LogP contribution in [0.25, 0.3) is 0 Å². The average molecular weight is 306 g/mol. The molecule has 2 nitrogen and oxygen atoms in total. The second-order valence-electron chi connectivity index (χ2n) is 6.43. The second kappa shape index (κ2) is 11.5. The average Bonchev–Trinajstić information content (AvgIpc) is 2.55. The summed E-state index contributed by atoms with van der Waals surface area (Å²) in [5.41, 5.74) is 1.39. The van der Waals surface area contributed by atoms with Crippen LogP contribution in [-0.2, 0) is 0 Å². The van der Waals surface area contributed by atoms with Crippen molar-refractivity contribution in [3.8, 4) is 0 Å². The highest BCUT2D eigenvalue weighted by atomic mass is 15.1. The first kappa shape index (κ1) is 19.0. The van der Waals surface area contributed by atoms with E-state index in [9.17, 15) is 0 Å². The van der Waals surface area contributed by atoms with Gasteiger partial charge in [-0.2, -0.15) is 0 Å². The molecular formula is C20H37N2+. The van der Waals surface area contributed by atoms with Crippen molar-refractivity contribution in [1.29, 1.82) is 0 Å². The van der Waals surface area contributed by atoms with Crippen molar-refractivity contribution in [2.45, 2.75) is 85.1 Å². The molecular weight excluding hydrogens is 268 g/mol. The normalized spacial score (nSPS) is 11.1. The van der Waals surface area contributed by atoms with Gasteiger partial charge in [0.05, 0.1) is 0 Å². The van der Waals surface area contributed by atoms with Gasteiger partial charge >= 0.3 is 0 Å². The van der Waals surface area contributed by atoms with Gasteiger partial charge in [-0.25, -0.2) is 4.57 Å². The minimum Gasteiger partial charge on any atom is -0.371 e. The van der Waals surface area contributed by atoms with Crippen molar-refractivity contribution in [3.63, 3.8) is 0 Å². The number of unbranched alkanes of at least 4 members (excludes halogenated alkanes) is 2. The standard InChI is InChI=1S/C20H37N2/c1-5-9-15-21(16-10-6-2)20-13-17-22(18-14-20)19(11-7-3)12-8-4/h13-14,17-19H,5-12,15-16H2,1-4H3/q+1. The van der Waals surface area contributed by atoms with Crippen LogP contribution in [-0.4, -0.2) is 13.1 Å². The van der Waals surface area contributed by atoms with Crippen molar-refractivity contribution >= 4 is 5.69 Å². The van der Waals surface area contributed by atoms with Gasteiger partial charge in [0.1, 0.15) is 0 Å². The van der Waals surface area contributed by atoms with Gasteiger partial charge in [0.2, 0.25) is 0 Å². The van der Waals surface area contributed by atoms with Crippen LogP contribution in [0.1, 0.15) is 85.1 Å². The lowest BCUT2D eigenvalue weighted by Crippen LogP contribution is -2.39. The Morgan fingerprint density at radius 2 is 1.32 bits per heavy atom. The number of aromatic nitrogens is 1. The molecule has 0 N–H and O–H groups in total. The molecule has 1 heterocycles. The van der Waals surface area contributed by atoms with Crippen molar-refractivity contribution < 1.29 is 4.57 Å². The Kier molecular flexibility index (Phi) is 9.94. The summed E-state index contributed by atoms with van der Waals surface area (Å²) in [6, 6.07) is 5.32. The fraction of sp³-hybridized carbons (Fsp3) is 0.750. The van der Waals surface area contributed by atoms with Crippen molar-refractivity contribution in [3.05, 3.63) is 24.5 Å². The van der Waals surface area contributed by atoms with E-state index < -0.39 is 0 Å². The van der Waals surface area contributed by atoms with Gasteiger partial charge in [0, 0.05) is 43.8 Å². The van der Waals surface area contributed by atoms with Crippen molar-refractivity contribution in [2.75, 3.05) is 18.0 Å². The van der Waals surface area contributed by atoms with Gasteiger partial charge in [0.25, 0.3) is 0 Å². The Morgan fingerprint density at radius 3 is 1.73 bits per heavy atom. The van der Waals surface area contributed by atoms with E-state index >= 15 is 0 Å². The summed E-state index contributed by atoms with van der Waals surface area (Å²) < 4.78 is 2.42. The molecule has 0 amide bonds. The molecule has 0 aliphatic heterocycles. The third kappa shape index (κ3) is 6.37. The number of nitrogens with zero attached hydrogens (tertiary/aromatic N) is 2. The van der Waals surface area contributed by atoms with Crippen molar-refractivity contribution in [1.82, 2.24) is 0 Å². The van der Waals surface area contributed by atoms with Gasteiger partial charge in [0.15, 0.2) is 18.4 Å². The number of rotatable bonds is 12. The molecule has 0 aliphatic rings. The van der Waals surface area contributed by atoms with Gasteiger partial charge in [-0.15, -0.1) is 0 Å². The molecule has 22 heavy (non-hydrogen) atoms. The number of hydrogen-bond acceptors (Lipinski definition) is 1.